The van der Waals surface area contributed by atoms with Crippen LogP contribution in [0.4, 0.5) is 0 Å². The quantitative estimate of drug-likeness (QED) is 0.910. The fourth-order valence-electron chi connectivity index (χ4n) is 2.90. The van der Waals surface area contributed by atoms with Gasteiger partial charge in [0, 0.05) is 32.2 Å². The third-order valence-electron chi connectivity index (χ3n) is 4.13. The zero-order valence-corrected chi connectivity index (χ0v) is 13.9. The van der Waals surface area contributed by atoms with E-state index >= 15 is 0 Å². The summed E-state index contributed by atoms with van der Waals surface area (Å²) >= 11 is 1.46. The molecular weight excluding hydrogens is 312 g/mol. The normalized spacial score (nSPS) is 21.1. The summed E-state index contributed by atoms with van der Waals surface area (Å²) in [5.41, 5.74) is 2.13. The summed E-state index contributed by atoms with van der Waals surface area (Å²) < 4.78 is 5.21. The fraction of sp³-hybridized carbons (Fsp3) is 0.500. The lowest BCUT2D eigenvalue weighted by atomic mass is 9.86. The molecule has 1 aliphatic carbocycles. The summed E-state index contributed by atoms with van der Waals surface area (Å²) in [6, 6.07) is 1.87. The minimum absolute atomic E-state index is 0.131. The molecule has 2 aromatic rings. The van der Waals surface area contributed by atoms with Gasteiger partial charge in [-0.3, -0.25) is 9.78 Å². The minimum Gasteiger partial charge on any atom is -0.384 e. The van der Waals surface area contributed by atoms with Gasteiger partial charge in [-0.1, -0.05) is 0 Å². The molecule has 7 heteroatoms. The molecule has 122 valence electrons. The maximum atomic E-state index is 12.4. The van der Waals surface area contributed by atoms with E-state index in [1.165, 1.54) is 11.3 Å². The minimum atomic E-state index is -0.131. The Labute approximate surface area is 139 Å². The summed E-state index contributed by atoms with van der Waals surface area (Å²) in [7, 11) is 1.74. The van der Waals surface area contributed by atoms with E-state index in [0.717, 1.165) is 37.2 Å². The van der Waals surface area contributed by atoms with Crippen LogP contribution in [0, 0.1) is 5.92 Å². The average molecular weight is 332 g/mol. The summed E-state index contributed by atoms with van der Waals surface area (Å²) in [6.07, 6.45) is 7.49. The lowest BCUT2D eigenvalue weighted by Crippen LogP contribution is -2.38. The second kappa shape index (κ2) is 7.61. The standard InChI is InChI=1S/C16H20N4O2S/c1-22-9-11-2-4-12(5-3-11)19-16(21)13-6-7-18-15(20-13)14-8-17-10-23-14/h6-8,10-12H,2-5,9H2,1H3,(H,19,21)/t11-,12-. The van der Waals surface area contributed by atoms with Crippen molar-refractivity contribution < 1.29 is 9.53 Å². The van der Waals surface area contributed by atoms with Gasteiger partial charge in [0.25, 0.3) is 5.91 Å². The van der Waals surface area contributed by atoms with Crippen molar-refractivity contribution in [2.45, 2.75) is 31.7 Å². The van der Waals surface area contributed by atoms with E-state index in [9.17, 15) is 4.79 Å². The summed E-state index contributed by atoms with van der Waals surface area (Å²) in [4.78, 5) is 25.8. The van der Waals surface area contributed by atoms with Gasteiger partial charge < -0.3 is 10.1 Å². The molecule has 0 saturated heterocycles. The van der Waals surface area contributed by atoms with Crippen molar-refractivity contribution >= 4 is 17.2 Å². The zero-order chi connectivity index (χ0) is 16.1. The first kappa shape index (κ1) is 16.0. The summed E-state index contributed by atoms with van der Waals surface area (Å²) in [5, 5.41) is 3.09. The molecule has 6 nitrogen and oxygen atoms in total. The average Bonchev–Trinajstić information content (AvgIpc) is 3.12. The maximum absolute atomic E-state index is 12.4. The molecule has 0 aromatic carbocycles. The Kier molecular flexibility index (Phi) is 5.30. The van der Waals surface area contributed by atoms with Crippen molar-refractivity contribution in [1.82, 2.24) is 20.3 Å². The van der Waals surface area contributed by atoms with Crippen LogP contribution in [0.15, 0.2) is 24.0 Å². The van der Waals surface area contributed by atoms with Crippen LogP contribution in [0.3, 0.4) is 0 Å². The first-order valence-corrected chi connectivity index (χ1v) is 8.66. The van der Waals surface area contributed by atoms with Crippen LogP contribution >= 0.6 is 11.3 Å². The van der Waals surface area contributed by atoms with Crippen LogP contribution in [0.2, 0.25) is 0 Å². The van der Waals surface area contributed by atoms with Crippen molar-refractivity contribution in [3.05, 3.63) is 29.7 Å². The highest BCUT2D eigenvalue weighted by Crippen LogP contribution is 2.24. The Morgan fingerprint density at radius 2 is 2.22 bits per heavy atom. The number of aromatic nitrogens is 3. The van der Waals surface area contributed by atoms with E-state index in [-0.39, 0.29) is 11.9 Å². The highest BCUT2D eigenvalue weighted by molar-refractivity contribution is 7.13. The molecule has 1 fully saturated rings. The number of carbonyl (C=O) groups excluding carboxylic acids is 1. The topological polar surface area (TPSA) is 77.0 Å². The predicted octanol–water partition coefficient (Wildman–Crippen LogP) is 2.54. The van der Waals surface area contributed by atoms with Crippen LogP contribution in [0.1, 0.15) is 36.2 Å². The number of hydrogen-bond acceptors (Lipinski definition) is 6. The number of methoxy groups -OCH3 is 1. The molecular formula is C16H20N4O2S. The van der Waals surface area contributed by atoms with E-state index in [0.29, 0.717) is 17.4 Å². The second-order valence-corrected chi connectivity index (χ2v) is 6.66. The first-order valence-electron chi connectivity index (χ1n) is 7.78. The molecule has 0 unspecified atom stereocenters. The second-order valence-electron chi connectivity index (χ2n) is 5.78. The third-order valence-corrected chi connectivity index (χ3v) is 4.89. The SMILES string of the molecule is COC[C@H]1CC[C@H](NC(=O)c2ccnc(-c3cncs3)n2)CC1. The molecule has 1 saturated carbocycles. The van der Waals surface area contributed by atoms with E-state index in [1.54, 1.807) is 31.1 Å². The maximum Gasteiger partial charge on any atom is 0.270 e. The molecule has 1 N–H and O–H groups in total. The Bertz CT molecular complexity index is 639. The lowest BCUT2D eigenvalue weighted by Gasteiger charge is -2.28. The van der Waals surface area contributed by atoms with Crippen LogP contribution in [0.25, 0.3) is 10.7 Å². The largest absolute Gasteiger partial charge is 0.384 e. The van der Waals surface area contributed by atoms with Gasteiger partial charge in [0.05, 0.1) is 10.4 Å². The number of amides is 1. The van der Waals surface area contributed by atoms with Gasteiger partial charge >= 0.3 is 0 Å². The van der Waals surface area contributed by atoms with Crippen LogP contribution in [-0.2, 0) is 4.74 Å². The van der Waals surface area contributed by atoms with Crippen LogP contribution in [0.5, 0.6) is 0 Å². The molecule has 0 spiro atoms. The van der Waals surface area contributed by atoms with Crippen LogP contribution in [-0.4, -0.2) is 40.6 Å². The summed E-state index contributed by atoms with van der Waals surface area (Å²) in [6.45, 7) is 0.810. The predicted molar refractivity (Wildman–Crippen MR) is 88.2 cm³/mol. The van der Waals surface area contributed by atoms with Crippen molar-refractivity contribution in [3.63, 3.8) is 0 Å². The molecule has 0 aliphatic heterocycles. The number of nitrogens with zero attached hydrogens (tertiary/aromatic N) is 3. The smallest absolute Gasteiger partial charge is 0.270 e. The van der Waals surface area contributed by atoms with E-state index in [1.807, 2.05) is 0 Å². The molecule has 0 bridgehead atoms. The monoisotopic (exact) mass is 332 g/mol. The van der Waals surface area contributed by atoms with Crippen molar-refractivity contribution in [2.75, 3.05) is 13.7 Å². The van der Waals surface area contributed by atoms with Gasteiger partial charge in [0.15, 0.2) is 5.82 Å². The number of carbonyl (C=O) groups is 1. The number of hydrogen-bond donors (Lipinski definition) is 1. The zero-order valence-electron chi connectivity index (χ0n) is 13.1. The number of thiazole rings is 1. The highest BCUT2D eigenvalue weighted by atomic mass is 32.1. The first-order chi connectivity index (χ1) is 11.3. The van der Waals surface area contributed by atoms with Gasteiger partial charge in [-0.15, -0.1) is 11.3 Å². The Morgan fingerprint density at radius 3 is 2.91 bits per heavy atom. The van der Waals surface area contributed by atoms with E-state index in [2.05, 4.69) is 20.3 Å². The molecule has 0 atom stereocenters. The van der Waals surface area contributed by atoms with Gasteiger partial charge in [0.2, 0.25) is 0 Å². The molecule has 1 amide bonds. The third kappa shape index (κ3) is 4.11. The molecule has 3 rings (SSSR count). The van der Waals surface area contributed by atoms with Crippen molar-refractivity contribution in [3.8, 4) is 10.7 Å². The van der Waals surface area contributed by atoms with Gasteiger partial charge in [-0.2, -0.15) is 0 Å². The van der Waals surface area contributed by atoms with Gasteiger partial charge in [-0.25, -0.2) is 9.97 Å². The fourth-order valence-corrected chi connectivity index (χ4v) is 3.46. The molecule has 0 radical (unpaired) electrons. The molecule has 2 heterocycles. The van der Waals surface area contributed by atoms with Crippen molar-refractivity contribution in [2.24, 2.45) is 5.92 Å². The Hall–Kier alpha value is -1.86. The van der Waals surface area contributed by atoms with E-state index < -0.39 is 0 Å². The summed E-state index contributed by atoms with van der Waals surface area (Å²) in [5.74, 6) is 1.03. The lowest BCUT2D eigenvalue weighted by molar-refractivity contribution is 0.0893. The Morgan fingerprint density at radius 1 is 1.39 bits per heavy atom. The number of ether oxygens (including phenoxy) is 1. The number of nitrogens with one attached hydrogen (secondary N) is 1. The van der Waals surface area contributed by atoms with E-state index in [4.69, 9.17) is 4.74 Å². The number of rotatable bonds is 5. The van der Waals surface area contributed by atoms with Crippen molar-refractivity contribution in [1.29, 1.82) is 0 Å². The molecule has 2 aromatic heterocycles. The van der Waals surface area contributed by atoms with Gasteiger partial charge in [-0.05, 0) is 37.7 Å². The highest BCUT2D eigenvalue weighted by Gasteiger charge is 2.23. The molecule has 1 aliphatic rings. The van der Waals surface area contributed by atoms with Crippen LogP contribution < -0.4 is 5.32 Å². The van der Waals surface area contributed by atoms with Gasteiger partial charge in [0.1, 0.15) is 5.69 Å². The molecule has 23 heavy (non-hydrogen) atoms. The Balaban J connectivity index is 1.60.